The number of aliphatic hydroxyl groups excluding tert-OH is 2. The molecule has 0 amide bonds. The molecule has 6 fully saturated rings. The van der Waals surface area contributed by atoms with Gasteiger partial charge in [0.25, 0.3) is 0 Å². The third-order valence-electron chi connectivity index (χ3n) is 12.8. The Labute approximate surface area is 221 Å². The molecule has 0 aromatic rings. The summed E-state index contributed by atoms with van der Waals surface area (Å²) < 4.78 is 18.9. The van der Waals surface area contributed by atoms with E-state index in [0.29, 0.717) is 43.4 Å². The van der Waals surface area contributed by atoms with E-state index in [1.165, 1.54) is 6.92 Å². The molecule has 0 radical (unpaired) electrons. The normalized spacial score (nSPS) is 59.9. The molecule has 2 aliphatic heterocycles. The van der Waals surface area contributed by atoms with E-state index in [1.54, 1.807) is 0 Å². The number of esters is 1. The first-order valence-electron chi connectivity index (χ1n) is 14.7. The predicted molar refractivity (Wildman–Crippen MR) is 136 cm³/mol. The van der Waals surface area contributed by atoms with Crippen molar-refractivity contribution >= 4 is 5.97 Å². The second kappa shape index (κ2) is 7.93. The van der Waals surface area contributed by atoms with Gasteiger partial charge in [-0.05, 0) is 99.7 Å². The maximum atomic E-state index is 12.2. The largest absolute Gasteiger partial charge is 0.460 e. The van der Waals surface area contributed by atoms with Crippen LogP contribution in [-0.2, 0) is 19.0 Å². The van der Waals surface area contributed by atoms with Gasteiger partial charge in [-0.25, -0.2) is 0 Å². The van der Waals surface area contributed by atoms with Crippen molar-refractivity contribution in [3.05, 3.63) is 0 Å². The summed E-state index contributed by atoms with van der Waals surface area (Å²) in [5.41, 5.74) is -1.98. The van der Waals surface area contributed by atoms with E-state index in [-0.39, 0.29) is 46.3 Å². The number of fused-ring (bicyclic) bond motifs is 7. The molecule has 4 aliphatic carbocycles. The minimum absolute atomic E-state index is 0.0781. The average molecular weight is 521 g/mol. The molecule has 0 aromatic heterocycles. The van der Waals surface area contributed by atoms with Crippen LogP contribution in [0.4, 0.5) is 0 Å². The summed E-state index contributed by atoms with van der Waals surface area (Å²) in [5.74, 6) is -0.172. The fourth-order valence-electron chi connectivity index (χ4n) is 11.0. The van der Waals surface area contributed by atoms with E-state index in [0.717, 1.165) is 19.3 Å². The lowest BCUT2D eigenvalue weighted by Gasteiger charge is -2.63. The maximum absolute atomic E-state index is 12.2. The number of aliphatic hydroxyl groups is 3. The van der Waals surface area contributed by atoms with E-state index >= 15 is 0 Å². The smallest absolute Gasteiger partial charge is 0.302 e. The highest BCUT2D eigenvalue weighted by molar-refractivity contribution is 5.66. The summed E-state index contributed by atoms with van der Waals surface area (Å²) in [5, 5.41) is 34.9. The Bertz CT molecular complexity index is 964. The second-order valence-corrected chi connectivity index (χ2v) is 15.1. The van der Waals surface area contributed by atoms with Crippen molar-refractivity contribution < 1.29 is 34.3 Å². The number of hydrogen-bond donors (Lipinski definition) is 3. The van der Waals surface area contributed by atoms with Crippen LogP contribution in [-0.4, -0.2) is 62.7 Å². The third-order valence-corrected chi connectivity index (χ3v) is 12.8. The van der Waals surface area contributed by atoms with Gasteiger partial charge in [-0.1, -0.05) is 20.8 Å². The molecule has 0 bridgehead atoms. The number of ether oxygens (including phenoxy) is 3. The summed E-state index contributed by atoms with van der Waals surface area (Å²) in [4.78, 5) is 11.8. The van der Waals surface area contributed by atoms with Gasteiger partial charge in [0.15, 0.2) is 5.79 Å². The van der Waals surface area contributed by atoms with Crippen molar-refractivity contribution in [2.24, 2.45) is 46.3 Å². The van der Waals surface area contributed by atoms with Crippen LogP contribution in [0.25, 0.3) is 0 Å². The molecule has 2 saturated heterocycles. The molecule has 6 aliphatic rings. The van der Waals surface area contributed by atoms with Crippen molar-refractivity contribution in [2.45, 2.75) is 135 Å². The van der Waals surface area contributed by atoms with Gasteiger partial charge < -0.3 is 29.5 Å². The highest BCUT2D eigenvalue weighted by Crippen LogP contribution is 2.72. The number of carbonyl (C=O) groups excluding carboxylic acids is 1. The Morgan fingerprint density at radius 2 is 1.65 bits per heavy atom. The van der Waals surface area contributed by atoms with Crippen molar-refractivity contribution in [3.8, 4) is 0 Å². The lowest BCUT2D eigenvalue weighted by Crippen LogP contribution is -2.63. The molecule has 7 nitrogen and oxygen atoms in total. The van der Waals surface area contributed by atoms with Gasteiger partial charge in [0.1, 0.15) is 11.7 Å². The standard InChI is InChI=1S/C30H48O7/c1-15-12-30(37-26(15,3)4)29(7,34)25-22(36-30)11-19-18-9-8-17-10-20(32)23(35-16(2)31)14-27(17,5)24(18)21(33)13-28(19,25)6/h15,17-25,32-34H,8-14H2,1-7H3/t15-,17?,18?,19?,20-,21-,22-,23+,24?,25?,27-,28-,29?,30?/m0/s1. The van der Waals surface area contributed by atoms with Gasteiger partial charge in [-0.2, -0.15) is 0 Å². The van der Waals surface area contributed by atoms with Crippen molar-refractivity contribution in [2.75, 3.05) is 0 Å². The topological polar surface area (TPSA) is 105 Å². The number of carbonyl (C=O) groups is 1. The highest BCUT2D eigenvalue weighted by atomic mass is 16.7. The van der Waals surface area contributed by atoms with Crippen LogP contribution in [0.3, 0.4) is 0 Å². The first kappa shape index (κ1) is 26.5. The average Bonchev–Trinajstić information content (AvgIpc) is 3.26. The van der Waals surface area contributed by atoms with Gasteiger partial charge in [0.05, 0.1) is 23.9 Å². The number of hydrogen-bond acceptors (Lipinski definition) is 7. The molecule has 2 heterocycles. The molecule has 1 spiro atoms. The van der Waals surface area contributed by atoms with Gasteiger partial charge >= 0.3 is 5.97 Å². The van der Waals surface area contributed by atoms with Crippen molar-refractivity contribution in [3.63, 3.8) is 0 Å². The van der Waals surface area contributed by atoms with Crippen LogP contribution in [0.5, 0.6) is 0 Å². The Hall–Kier alpha value is -0.730. The molecule has 4 saturated carbocycles. The Morgan fingerprint density at radius 1 is 0.946 bits per heavy atom. The van der Waals surface area contributed by atoms with Crippen LogP contribution >= 0.6 is 0 Å². The van der Waals surface area contributed by atoms with Gasteiger partial charge in [0.2, 0.25) is 0 Å². The van der Waals surface area contributed by atoms with Crippen molar-refractivity contribution in [1.82, 2.24) is 0 Å². The fraction of sp³-hybridized carbons (Fsp3) is 0.967. The third kappa shape index (κ3) is 3.39. The molecule has 7 heteroatoms. The lowest BCUT2D eigenvalue weighted by atomic mass is 9.43. The van der Waals surface area contributed by atoms with E-state index in [4.69, 9.17) is 14.2 Å². The molecule has 3 N–H and O–H groups in total. The lowest BCUT2D eigenvalue weighted by molar-refractivity contribution is -0.300. The molecule has 6 rings (SSSR count). The van der Waals surface area contributed by atoms with Crippen molar-refractivity contribution in [1.29, 1.82) is 0 Å². The summed E-state index contributed by atoms with van der Waals surface area (Å²) in [6.07, 6.45) is 3.63. The summed E-state index contributed by atoms with van der Waals surface area (Å²) in [6, 6.07) is 0. The quantitative estimate of drug-likeness (QED) is 0.452. The first-order chi connectivity index (χ1) is 17.1. The van der Waals surface area contributed by atoms with E-state index < -0.39 is 29.7 Å². The monoisotopic (exact) mass is 520 g/mol. The Kier molecular flexibility index (Phi) is 5.68. The molecule has 37 heavy (non-hydrogen) atoms. The summed E-state index contributed by atoms with van der Waals surface area (Å²) in [6.45, 7) is 14.2. The Balaban J connectivity index is 1.31. The molecule has 0 aromatic carbocycles. The minimum Gasteiger partial charge on any atom is -0.460 e. The molecule has 7 unspecified atom stereocenters. The molecular formula is C30H48O7. The van der Waals surface area contributed by atoms with Crippen LogP contribution in [0.1, 0.15) is 93.4 Å². The molecule has 14 atom stereocenters. The zero-order valence-electron chi connectivity index (χ0n) is 23.7. The fourth-order valence-corrected chi connectivity index (χ4v) is 11.0. The predicted octanol–water partition coefficient (Wildman–Crippen LogP) is 3.81. The Morgan fingerprint density at radius 3 is 2.27 bits per heavy atom. The summed E-state index contributed by atoms with van der Waals surface area (Å²) in [7, 11) is 0. The van der Waals surface area contributed by atoms with E-state index in [2.05, 4.69) is 34.6 Å². The van der Waals surface area contributed by atoms with Gasteiger partial charge in [-0.15, -0.1) is 0 Å². The van der Waals surface area contributed by atoms with E-state index in [1.807, 2.05) is 6.92 Å². The van der Waals surface area contributed by atoms with Crippen LogP contribution in [0, 0.1) is 46.3 Å². The van der Waals surface area contributed by atoms with Crippen LogP contribution < -0.4 is 0 Å². The zero-order valence-corrected chi connectivity index (χ0v) is 23.7. The maximum Gasteiger partial charge on any atom is 0.302 e. The second-order valence-electron chi connectivity index (χ2n) is 15.1. The highest BCUT2D eigenvalue weighted by Gasteiger charge is 2.77. The summed E-state index contributed by atoms with van der Waals surface area (Å²) >= 11 is 0. The zero-order chi connectivity index (χ0) is 26.9. The van der Waals surface area contributed by atoms with Crippen LogP contribution in [0.15, 0.2) is 0 Å². The van der Waals surface area contributed by atoms with Gasteiger partial charge in [0, 0.05) is 19.3 Å². The van der Waals surface area contributed by atoms with Crippen LogP contribution in [0.2, 0.25) is 0 Å². The SMILES string of the molecule is CC(=O)O[C@@H]1C[C@@]2(C)C(CCC3C4C[C@@H]5OC6(C[C@H](C)C(C)(C)O6)C(C)(O)C5[C@@]4(C)C[C@H](O)C32)C[C@@H]1O. The van der Waals surface area contributed by atoms with E-state index in [9.17, 15) is 20.1 Å². The number of rotatable bonds is 1. The molecule has 210 valence electrons. The minimum atomic E-state index is -1.15. The first-order valence-corrected chi connectivity index (χ1v) is 14.7. The van der Waals surface area contributed by atoms with Gasteiger partial charge in [-0.3, -0.25) is 4.79 Å². The molecular weight excluding hydrogens is 472 g/mol.